The Labute approximate surface area is 101 Å². The van der Waals surface area contributed by atoms with E-state index in [9.17, 15) is 9.59 Å². The summed E-state index contributed by atoms with van der Waals surface area (Å²) in [4.78, 5) is 22.4. The number of esters is 1. The monoisotopic (exact) mass is 235 g/mol. The first-order chi connectivity index (χ1) is 8.02. The molecule has 4 heteroatoms. The predicted molar refractivity (Wildman–Crippen MR) is 64.4 cm³/mol. The quantitative estimate of drug-likeness (QED) is 0.809. The smallest absolute Gasteiger partial charge is 0.307 e. The molecule has 1 rings (SSSR count). The van der Waals surface area contributed by atoms with Gasteiger partial charge in [-0.25, -0.2) is 0 Å². The van der Waals surface area contributed by atoms with Crippen LogP contribution in [-0.2, 0) is 14.3 Å². The number of benzene rings is 1. The van der Waals surface area contributed by atoms with Crippen molar-refractivity contribution in [3.8, 4) is 0 Å². The molecule has 0 saturated heterocycles. The molecule has 0 aliphatic carbocycles. The molecule has 0 radical (unpaired) electrons. The summed E-state index contributed by atoms with van der Waals surface area (Å²) in [6.07, 6.45) is 0.138. The van der Waals surface area contributed by atoms with E-state index in [0.717, 1.165) is 11.1 Å². The van der Waals surface area contributed by atoms with E-state index in [2.05, 4.69) is 10.1 Å². The molecule has 1 aromatic carbocycles. The standard InChI is InChI=1S/C13H17NO3/c1-9-4-6-11(7-5-9)12(14-10(2)15)8-13(16)17-3/h4-7,12H,8H2,1-3H3,(H,14,15)/t12-/m0/s1. The Hall–Kier alpha value is -1.84. The second kappa shape index (κ2) is 6.03. The van der Waals surface area contributed by atoms with Crippen LogP contribution in [0.4, 0.5) is 0 Å². The number of hydrogen-bond acceptors (Lipinski definition) is 3. The van der Waals surface area contributed by atoms with Crippen LogP contribution in [0, 0.1) is 6.92 Å². The summed E-state index contributed by atoms with van der Waals surface area (Å²) in [6.45, 7) is 3.41. The van der Waals surface area contributed by atoms with Crippen molar-refractivity contribution in [2.24, 2.45) is 0 Å². The van der Waals surface area contributed by atoms with E-state index >= 15 is 0 Å². The molecule has 0 aromatic heterocycles. The number of carbonyl (C=O) groups excluding carboxylic acids is 2. The summed E-state index contributed by atoms with van der Waals surface area (Å²) >= 11 is 0. The lowest BCUT2D eigenvalue weighted by molar-refractivity contribution is -0.141. The molecule has 1 amide bonds. The molecule has 0 unspecified atom stereocenters. The summed E-state index contributed by atoms with van der Waals surface area (Å²) in [5, 5.41) is 2.74. The van der Waals surface area contributed by atoms with Gasteiger partial charge in [0.2, 0.25) is 5.91 Å². The maximum atomic E-state index is 11.3. The minimum Gasteiger partial charge on any atom is -0.469 e. The van der Waals surface area contributed by atoms with Crippen molar-refractivity contribution in [3.63, 3.8) is 0 Å². The fourth-order valence-electron chi connectivity index (χ4n) is 1.55. The Balaban J connectivity index is 2.85. The van der Waals surface area contributed by atoms with E-state index in [0.29, 0.717) is 0 Å². The number of hydrogen-bond donors (Lipinski definition) is 1. The highest BCUT2D eigenvalue weighted by molar-refractivity contribution is 5.75. The van der Waals surface area contributed by atoms with Crippen molar-refractivity contribution in [2.75, 3.05) is 7.11 Å². The van der Waals surface area contributed by atoms with Crippen LogP contribution in [0.1, 0.15) is 30.5 Å². The summed E-state index contributed by atoms with van der Waals surface area (Å²) in [7, 11) is 1.34. The lowest BCUT2D eigenvalue weighted by Gasteiger charge is -2.17. The number of methoxy groups -OCH3 is 1. The van der Waals surface area contributed by atoms with Crippen LogP contribution < -0.4 is 5.32 Å². The Morgan fingerprint density at radius 1 is 1.29 bits per heavy atom. The molecule has 92 valence electrons. The second-order valence-electron chi connectivity index (χ2n) is 3.94. The summed E-state index contributed by atoms with van der Waals surface area (Å²) in [5.74, 6) is -0.510. The lowest BCUT2D eigenvalue weighted by atomic mass is 10.0. The molecular weight excluding hydrogens is 218 g/mol. The number of amides is 1. The van der Waals surface area contributed by atoms with E-state index in [-0.39, 0.29) is 24.3 Å². The van der Waals surface area contributed by atoms with Gasteiger partial charge in [-0.05, 0) is 12.5 Å². The van der Waals surface area contributed by atoms with Crippen LogP contribution in [0.15, 0.2) is 24.3 Å². The van der Waals surface area contributed by atoms with Crippen LogP contribution in [-0.4, -0.2) is 19.0 Å². The van der Waals surface area contributed by atoms with Gasteiger partial charge in [-0.15, -0.1) is 0 Å². The number of carbonyl (C=O) groups is 2. The molecule has 0 spiro atoms. The molecule has 17 heavy (non-hydrogen) atoms. The van der Waals surface area contributed by atoms with E-state index in [1.165, 1.54) is 14.0 Å². The van der Waals surface area contributed by atoms with Gasteiger partial charge in [-0.2, -0.15) is 0 Å². The summed E-state index contributed by atoms with van der Waals surface area (Å²) < 4.78 is 4.62. The van der Waals surface area contributed by atoms with Gasteiger partial charge in [-0.3, -0.25) is 9.59 Å². The van der Waals surface area contributed by atoms with Crippen LogP contribution >= 0.6 is 0 Å². The molecular formula is C13H17NO3. The first-order valence-electron chi connectivity index (χ1n) is 5.43. The molecule has 1 N–H and O–H groups in total. The fraction of sp³-hybridized carbons (Fsp3) is 0.385. The number of ether oxygens (including phenoxy) is 1. The highest BCUT2D eigenvalue weighted by Gasteiger charge is 2.17. The van der Waals surface area contributed by atoms with Crippen LogP contribution in [0.3, 0.4) is 0 Å². The van der Waals surface area contributed by atoms with Crippen molar-refractivity contribution in [3.05, 3.63) is 35.4 Å². The Bertz CT molecular complexity index is 398. The Morgan fingerprint density at radius 2 is 1.88 bits per heavy atom. The minimum absolute atomic E-state index is 0.138. The Kier molecular flexibility index (Phi) is 4.69. The van der Waals surface area contributed by atoms with Gasteiger partial charge < -0.3 is 10.1 Å². The number of nitrogens with one attached hydrogen (secondary N) is 1. The van der Waals surface area contributed by atoms with Crippen molar-refractivity contribution in [2.45, 2.75) is 26.3 Å². The molecule has 4 nitrogen and oxygen atoms in total. The van der Waals surface area contributed by atoms with Gasteiger partial charge in [0.25, 0.3) is 0 Å². The summed E-state index contributed by atoms with van der Waals surface area (Å²) in [5.41, 5.74) is 2.03. The molecule has 0 heterocycles. The Morgan fingerprint density at radius 3 is 2.35 bits per heavy atom. The largest absolute Gasteiger partial charge is 0.469 e. The zero-order valence-corrected chi connectivity index (χ0v) is 10.3. The first kappa shape index (κ1) is 13.2. The fourth-order valence-corrected chi connectivity index (χ4v) is 1.55. The van der Waals surface area contributed by atoms with Crippen LogP contribution in [0.25, 0.3) is 0 Å². The predicted octanol–water partition coefficient (Wildman–Crippen LogP) is 1.74. The second-order valence-corrected chi connectivity index (χ2v) is 3.94. The van der Waals surface area contributed by atoms with E-state index in [1.54, 1.807) is 0 Å². The van der Waals surface area contributed by atoms with Crippen molar-refractivity contribution < 1.29 is 14.3 Å². The van der Waals surface area contributed by atoms with Gasteiger partial charge >= 0.3 is 5.97 Å². The maximum Gasteiger partial charge on any atom is 0.307 e. The molecule has 0 saturated carbocycles. The zero-order chi connectivity index (χ0) is 12.8. The first-order valence-corrected chi connectivity index (χ1v) is 5.43. The molecule has 0 bridgehead atoms. The SMILES string of the molecule is COC(=O)C[C@H](NC(C)=O)c1ccc(C)cc1. The molecule has 1 atom stereocenters. The average Bonchev–Trinajstić information content (AvgIpc) is 2.28. The van der Waals surface area contributed by atoms with E-state index < -0.39 is 0 Å². The van der Waals surface area contributed by atoms with Crippen molar-refractivity contribution >= 4 is 11.9 Å². The third-order valence-electron chi connectivity index (χ3n) is 2.46. The number of rotatable bonds is 4. The highest BCUT2D eigenvalue weighted by Crippen LogP contribution is 2.18. The minimum atomic E-state index is -0.343. The summed E-state index contributed by atoms with van der Waals surface area (Å²) in [6, 6.07) is 7.36. The normalized spacial score (nSPS) is 11.7. The van der Waals surface area contributed by atoms with Crippen LogP contribution in [0.2, 0.25) is 0 Å². The van der Waals surface area contributed by atoms with Crippen molar-refractivity contribution in [1.82, 2.24) is 5.32 Å². The van der Waals surface area contributed by atoms with E-state index in [4.69, 9.17) is 0 Å². The highest BCUT2D eigenvalue weighted by atomic mass is 16.5. The van der Waals surface area contributed by atoms with Crippen molar-refractivity contribution in [1.29, 1.82) is 0 Å². The molecule has 0 aliphatic heterocycles. The lowest BCUT2D eigenvalue weighted by Crippen LogP contribution is -2.28. The average molecular weight is 235 g/mol. The van der Waals surface area contributed by atoms with Crippen LogP contribution in [0.5, 0.6) is 0 Å². The third kappa shape index (κ3) is 4.26. The van der Waals surface area contributed by atoms with E-state index in [1.807, 2.05) is 31.2 Å². The maximum absolute atomic E-state index is 11.3. The van der Waals surface area contributed by atoms with Gasteiger partial charge in [0, 0.05) is 6.92 Å². The molecule has 0 fully saturated rings. The topological polar surface area (TPSA) is 55.4 Å². The third-order valence-corrected chi connectivity index (χ3v) is 2.46. The van der Waals surface area contributed by atoms with Gasteiger partial charge in [-0.1, -0.05) is 29.8 Å². The van der Waals surface area contributed by atoms with Gasteiger partial charge in [0.05, 0.1) is 19.6 Å². The molecule has 1 aromatic rings. The number of aryl methyl sites for hydroxylation is 1. The zero-order valence-electron chi connectivity index (χ0n) is 10.3. The van der Waals surface area contributed by atoms with Gasteiger partial charge in [0.15, 0.2) is 0 Å². The molecule has 0 aliphatic rings. The van der Waals surface area contributed by atoms with Gasteiger partial charge in [0.1, 0.15) is 0 Å².